The van der Waals surface area contributed by atoms with Gasteiger partial charge in [0.25, 0.3) is 0 Å². The highest BCUT2D eigenvalue weighted by atomic mass is 16.4. The van der Waals surface area contributed by atoms with Gasteiger partial charge in [-0.3, -0.25) is 9.97 Å². The summed E-state index contributed by atoms with van der Waals surface area (Å²) in [6.07, 6.45) is 3.22. The lowest BCUT2D eigenvalue weighted by Gasteiger charge is -2.04. The molecule has 6 nitrogen and oxygen atoms in total. The summed E-state index contributed by atoms with van der Waals surface area (Å²) in [6.45, 7) is 1.73. The van der Waals surface area contributed by atoms with Crippen molar-refractivity contribution in [2.24, 2.45) is 0 Å². The molecule has 0 saturated carbocycles. The summed E-state index contributed by atoms with van der Waals surface area (Å²) < 4.78 is 0. The van der Waals surface area contributed by atoms with Crippen molar-refractivity contribution in [1.82, 2.24) is 19.9 Å². The monoisotopic (exact) mass is 266 g/mol. The van der Waals surface area contributed by atoms with Crippen LogP contribution in [0.15, 0.2) is 36.7 Å². The van der Waals surface area contributed by atoms with E-state index in [9.17, 15) is 4.79 Å². The maximum atomic E-state index is 11.0. The third-order valence-corrected chi connectivity index (χ3v) is 2.80. The van der Waals surface area contributed by atoms with Gasteiger partial charge in [-0.25, -0.2) is 14.8 Å². The van der Waals surface area contributed by atoms with Gasteiger partial charge in [-0.1, -0.05) is 0 Å². The lowest BCUT2D eigenvalue weighted by atomic mass is 10.1. The predicted molar refractivity (Wildman–Crippen MR) is 72.3 cm³/mol. The largest absolute Gasteiger partial charge is 0.477 e. The van der Waals surface area contributed by atoms with Gasteiger partial charge < -0.3 is 5.11 Å². The number of carboxylic acids is 1. The summed E-state index contributed by atoms with van der Waals surface area (Å²) >= 11 is 0. The number of aryl methyl sites for hydroxylation is 1. The molecule has 0 atom stereocenters. The standard InChI is InChI=1S/C14H10N4O2/c1-8-6-12(14(19)20)18-13(17-8)9-2-3-10-11(7-9)16-5-4-15-10/h2-7H,1H3,(H,19,20). The van der Waals surface area contributed by atoms with E-state index in [1.54, 1.807) is 31.5 Å². The minimum atomic E-state index is -1.07. The van der Waals surface area contributed by atoms with Crippen LogP contribution in [0.25, 0.3) is 22.4 Å². The van der Waals surface area contributed by atoms with Crippen molar-refractivity contribution in [3.05, 3.63) is 48.0 Å². The molecular formula is C14H10N4O2. The fourth-order valence-corrected chi connectivity index (χ4v) is 1.91. The summed E-state index contributed by atoms with van der Waals surface area (Å²) in [5.74, 6) is -0.702. The average molecular weight is 266 g/mol. The maximum absolute atomic E-state index is 11.0. The topological polar surface area (TPSA) is 88.9 Å². The second-order valence-electron chi connectivity index (χ2n) is 4.28. The van der Waals surface area contributed by atoms with Gasteiger partial charge in [-0.15, -0.1) is 0 Å². The van der Waals surface area contributed by atoms with Crippen molar-refractivity contribution in [1.29, 1.82) is 0 Å². The highest BCUT2D eigenvalue weighted by Gasteiger charge is 2.10. The molecule has 0 bridgehead atoms. The molecular weight excluding hydrogens is 256 g/mol. The molecule has 6 heteroatoms. The van der Waals surface area contributed by atoms with Crippen LogP contribution in [0.1, 0.15) is 16.2 Å². The first-order valence-corrected chi connectivity index (χ1v) is 5.93. The number of aromatic carboxylic acids is 1. The van der Waals surface area contributed by atoms with Crippen molar-refractivity contribution in [2.45, 2.75) is 6.92 Å². The Bertz CT molecular complexity index is 817. The van der Waals surface area contributed by atoms with E-state index in [4.69, 9.17) is 5.11 Å². The number of aromatic nitrogens is 4. The summed E-state index contributed by atoms with van der Waals surface area (Å²) in [7, 11) is 0. The number of hydrogen-bond donors (Lipinski definition) is 1. The molecule has 3 aromatic rings. The quantitative estimate of drug-likeness (QED) is 0.764. The van der Waals surface area contributed by atoms with Gasteiger partial charge in [-0.05, 0) is 31.2 Å². The summed E-state index contributed by atoms with van der Waals surface area (Å²) in [6, 6.07) is 6.84. The lowest BCUT2D eigenvalue weighted by molar-refractivity contribution is 0.0690. The molecule has 0 aliphatic heterocycles. The van der Waals surface area contributed by atoms with E-state index < -0.39 is 5.97 Å². The van der Waals surface area contributed by atoms with Crippen molar-refractivity contribution >= 4 is 17.0 Å². The smallest absolute Gasteiger partial charge is 0.354 e. The number of hydrogen-bond acceptors (Lipinski definition) is 5. The fourth-order valence-electron chi connectivity index (χ4n) is 1.91. The number of fused-ring (bicyclic) bond motifs is 1. The van der Waals surface area contributed by atoms with Crippen LogP contribution in [-0.2, 0) is 0 Å². The van der Waals surface area contributed by atoms with Crippen LogP contribution in [0.3, 0.4) is 0 Å². The Labute approximate surface area is 114 Å². The number of rotatable bonds is 2. The Hall–Kier alpha value is -2.89. The molecule has 0 aliphatic rings. The molecule has 0 spiro atoms. The van der Waals surface area contributed by atoms with Gasteiger partial charge in [0.15, 0.2) is 11.5 Å². The van der Waals surface area contributed by atoms with Gasteiger partial charge >= 0.3 is 5.97 Å². The second kappa shape index (κ2) is 4.65. The Balaban J connectivity index is 2.17. The Kier molecular flexibility index (Phi) is 2.83. The Morgan fingerprint density at radius 1 is 1.05 bits per heavy atom. The summed E-state index contributed by atoms with van der Waals surface area (Å²) in [4.78, 5) is 27.8. The van der Waals surface area contributed by atoms with E-state index in [1.165, 1.54) is 6.07 Å². The third-order valence-electron chi connectivity index (χ3n) is 2.80. The summed E-state index contributed by atoms with van der Waals surface area (Å²) in [5, 5.41) is 9.04. The molecule has 1 aromatic carbocycles. The van der Waals surface area contributed by atoms with Crippen LogP contribution >= 0.6 is 0 Å². The van der Waals surface area contributed by atoms with E-state index in [-0.39, 0.29) is 5.69 Å². The molecule has 20 heavy (non-hydrogen) atoms. The maximum Gasteiger partial charge on any atom is 0.354 e. The van der Waals surface area contributed by atoms with E-state index in [0.717, 1.165) is 5.52 Å². The lowest BCUT2D eigenvalue weighted by Crippen LogP contribution is -2.04. The molecule has 98 valence electrons. The van der Waals surface area contributed by atoms with Crippen molar-refractivity contribution in [3.63, 3.8) is 0 Å². The molecule has 0 radical (unpaired) electrons. The van der Waals surface area contributed by atoms with Crippen LogP contribution in [0.5, 0.6) is 0 Å². The first-order chi connectivity index (χ1) is 9.63. The average Bonchev–Trinajstić information content (AvgIpc) is 2.46. The number of carbonyl (C=O) groups is 1. The minimum Gasteiger partial charge on any atom is -0.477 e. The normalized spacial score (nSPS) is 10.7. The zero-order valence-corrected chi connectivity index (χ0v) is 10.6. The van der Waals surface area contributed by atoms with Crippen LogP contribution in [0.2, 0.25) is 0 Å². The Morgan fingerprint density at radius 2 is 1.80 bits per heavy atom. The molecule has 1 N–H and O–H groups in total. The molecule has 0 amide bonds. The molecule has 2 aromatic heterocycles. The Morgan fingerprint density at radius 3 is 2.55 bits per heavy atom. The summed E-state index contributed by atoms with van der Waals surface area (Å²) in [5.41, 5.74) is 2.77. The van der Waals surface area contributed by atoms with Crippen molar-refractivity contribution < 1.29 is 9.90 Å². The van der Waals surface area contributed by atoms with Crippen LogP contribution in [-0.4, -0.2) is 31.0 Å². The molecule has 0 unspecified atom stereocenters. The van der Waals surface area contributed by atoms with E-state index in [0.29, 0.717) is 22.6 Å². The van der Waals surface area contributed by atoms with Gasteiger partial charge in [0.05, 0.1) is 11.0 Å². The zero-order chi connectivity index (χ0) is 14.1. The zero-order valence-electron chi connectivity index (χ0n) is 10.6. The second-order valence-corrected chi connectivity index (χ2v) is 4.28. The minimum absolute atomic E-state index is 0.0215. The van der Waals surface area contributed by atoms with Crippen LogP contribution in [0.4, 0.5) is 0 Å². The molecule has 0 aliphatic carbocycles. The van der Waals surface area contributed by atoms with Crippen molar-refractivity contribution in [2.75, 3.05) is 0 Å². The van der Waals surface area contributed by atoms with E-state index >= 15 is 0 Å². The van der Waals surface area contributed by atoms with Crippen LogP contribution < -0.4 is 0 Å². The third kappa shape index (κ3) is 2.18. The fraction of sp³-hybridized carbons (Fsp3) is 0.0714. The predicted octanol–water partition coefficient (Wildman–Crippen LogP) is 2.09. The molecule has 3 rings (SSSR count). The van der Waals surface area contributed by atoms with Gasteiger partial charge in [0.2, 0.25) is 0 Å². The number of benzene rings is 1. The number of carboxylic acid groups (broad SMARTS) is 1. The highest BCUT2D eigenvalue weighted by Crippen LogP contribution is 2.20. The SMILES string of the molecule is Cc1cc(C(=O)O)nc(-c2ccc3nccnc3c2)n1. The van der Waals surface area contributed by atoms with Gasteiger partial charge in [-0.2, -0.15) is 0 Å². The molecule has 0 saturated heterocycles. The van der Waals surface area contributed by atoms with Gasteiger partial charge in [0.1, 0.15) is 0 Å². The van der Waals surface area contributed by atoms with Crippen LogP contribution in [0, 0.1) is 6.92 Å². The first kappa shape index (κ1) is 12.2. The first-order valence-electron chi connectivity index (χ1n) is 5.93. The molecule has 0 fully saturated rings. The van der Waals surface area contributed by atoms with Gasteiger partial charge in [0, 0.05) is 23.7 Å². The van der Waals surface area contributed by atoms with E-state index in [1.807, 2.05) is 6.07 Å². The highest BCUT2D eigenvalue weighted by molar-refractivity contribution is 5.86. The van der Waals surface area contributed by atoms with Crippen molar-refractivity contribution in [3.8, 4) is 11.4 Å². The molecule has 2 heterocycles. The number of nitrogens with zero attached hydrogens (tertiary/aromatic N) is 4. The van der Waals surface area contributed by atoms with E-state index in [2.05, 4.69) is 19.9 Å².